The summed E-state index contributed by atoms with van der Waals surface area (Å²) >= 11 is 0. The summed E-state index contributed by atoms with van der Waals surface area (Å²) in [5.41, 5.74) is 8.48. The third kappa shape index (κ3) is 2.13. The van der Waals surface area contributed by atoms with Crippen LogP contribution in [-0.2, 0) is 10.2 Å². The molecule has 1 atom stereocenters. The number of nitrogens with two attached hydrogens (primary N) is 1. The highest BCUT2D eigenvalue weighted by atomic mass is 16.3. The number of carbonyl (C=O) groups is 1. The number of rotatable bonds is 0. The van der Waals surface area contributed by atoms with Gasteiger partial charge in [0.25, 0.3) is 6.47 Å². The Morgan fingerprint density at radius 3 is 2.69 bits per heavy atom. The average Bonchev–Trinajstić information content (AvgIpc) is 2.39. The van der Waals surface area contributed by atoms with Gasteiger partial charge in [-0.05, 0) is 23.3 Å². The first kappa shape index (κ1) is 12.4. The molecule has 1 heterocycles. The summed E-state index contributed by atoms with van der Waals surface area (Å²) in [5.74, 6) is 1.16. The van der Waals surface area contributed by atoms with Crippen LogP contribution in [0.4, 0.5) is 5.82 Å². The van der Waals surface area contributed by atoms with E-state index in [1.807, 2.05) is 6.20 Å². The summed E-state index contributed by atoms with van der Waals surface area (Å²) in [6, 6.07) is 0. The molecule has 0 radical (unpaired) electrons. The van der Waals surface area contributed by atoms with Crippen LogP contribution in [0, 0.1) is 0 Å². The summed E-state index contributed by atoms with van der Waals surface area (Å²) in [4.78, 5) is 8.36. The number of aromatic nitrogens is 2. The molecule has 0 saturated heterocycles. The van der Waals surface area contributed by atoms with Crippen molar-refractivity contribution in [2.24, 2.45) is 0 Å². The normalized spacial score (nSPS) is 20.6. The molecular formula is C11H17N3O2. The fourth-order valence-electron chi connectivity index (χ4n) is 2.50. The fourth-order valence-corrected chi connectivity index (χ4v) is 2.50. The Bertz CT molecular complexity index is 391. The quantitative estimate of drug-likeness (QED) is 0.651. The molecule has 0 bridgehead atoms. The highest BCUT2D eigenvalue weighted by Gasteiger charge is 2.37. The molecule has 0 saturated carbocycles. The largest absolute Gasteiger partial charge is 0.483 e. The van der Waals surface area contributed by atoms with Crippen molar-refractivity contribution in [2.75, 3.05) is 5.73 Å². The Labute approximate surface area is 94.7 Å². The average molecular weight is 223 g/mol. The molecule has 88 valence electrons. The van der Waals surface area contributed by atoms with E-state index in [9.17, 15) is 0 Å². The maximum absolute atomic E-state index is 8.36. The zero-order valence-corrected chi connectivity index (χ0v) is 9.77. The van der Waals surface area contributed by atoms with Crippen LogP contribution in [-0.4, -0.2) is 21.8 Å². The van der Waals surface area contributed by atoms with Crippen molar-refractivity contribution in [1.82, 2.24) is 10.2 Å². The fraction of sp³-hybridized carbons (Fsp3) is 0.545. The second kappa shape index (κ2) is 4.47. The molecule has 1 aliphatic carbocycles. The second-order valence-corrected chi connectivity index (χ2v) is 4.65. The van der Waals surface area contributed by atoms with Crippen molar-refractivity contribution in [3.8, 4) is 0 Å². The van der Waals surface area contributed by atoms with Gasteiger partial charge >= 0.3 is 0 Å². The monoisotopic (exact) mass is 223 g/mol. The SMILES string of the molecule is CC1CC(C)(C)c2c1cnnc2N.O=CO. The van der Waals surface area contributed by atoms with Gasteiger partial charge in [0, 0.05) is 5.56 Å². The molecular weight excluding hydrogens is 206 g/mol. The van der Waals surface area contributed by atoms with E-state index in [4.69, 9.17) is 15.6 Å². The van der Waals surface area contributed by atoms with Gasteiger partial charge in [0.1, 0.15) is 5.82 Å². The van der Waals surface area contributed by atoms with Crippen molar-refractivity contribution in [2.45, 2.75) is 38.5 Å². The summed E-state index contributed by atoms with van der Waals surface area (Å²) < 4.78 is 0. The molecule has 1 aromatic heterocycles. The highest BCUT2D eigenvalue weighted by Crippen LogP contribution is 2.46. The van der Waals surface area contributed by atoms with Gasteiger partial charge in [0.15, 0.2) is 0 Å². The predicted octanol–water partition coefficient (Wildman–Crippen LogP) is 1.54. The molecule has 0 spiro atoms. The zero-order chi connectivity index (χ0) is 12.3. The van der Waals surface area contributed by atoms with E-state index in [-0.39, 0.29) is 11.9 Å². The zero-order valence-electron chi connectivity index (χ0n) is 9.77. The lowest BCUT2D eigenvalue weighted by Gasteiger charge is -2.19. The van der Waals surface area contributed by atoms with E-state index in [2.05, 4.69) is 31.0 Å². The van der Waals surface area contributed by atoms with Crippen molar-refractivity contribution < 1.29 is 9.90 Å². The van der Waals surface area contributed by atoms with Gasteiger partial charge in [-0.25, -0.2) is 0 Å². The third-order valence-corrected chi connectivity index (χ3v) is 2.93. The lowest BCUT2D eigenvalue weighted by Crippen LogP contribution is -2.15. The molecule has 0 aliphatic heterocycles. The lowest BCUT2D eigenvalue weighted by atomic mass is 9.86. The first-order valence-corrected chi connectivity index (χ1v) is 5.13. The van der Waals surface area contributed by atoms with E-state index in [0.717, 1.165) is 6.42 Å². The van der Waals surface area contributed by atoms with Crippen LogP contribution in [0.5, 0.6) is 0 Å². The Morgan fingerprint density at radius 1 is 1.62 bits per heavy atom. The van der Waals surface area contributed by atoms with Gasteiger partial charge in [-0.15, -0.1) is 5.10 Å². The number of fused-ring (bicyclic) bond motifs is 1. The topological polar surface area (TPSA) is 89.1 Å². The lowest BCUT2D eigenvalue weighted by molar-refractivity contribution is -0.122. The smallest absolute Gasteiger partial charge is 0.290 e. The number of hydrogen-bond acceptors (Lipinski definition) is 4. The van der Waals surface area contributed by atoms with Crippen molar-refractivity contribution in [3.05, 3.63) is 17.3 Å². The molecule has 3 N–H and O–H groups in total. The first-order chi connectivity index (χ1) is 7.44. The van der Waals surface area contributed by atoms with E-state index in [1.165, 1.54) is 11.1 Å². The van der Waals surface area contributed by atoms with E-state index < -0.39 is 0 Å². The summed E-state index contributed by atoms with van der Waals surface area (Å²) in [5, 5.41) is 14.7. The molecule has 0 amide bonds. The predicted molar refractivity (Wildman–Crippen MR) is 61.2 cm³/mol. The molecule has 0 fully saturated rings. The molecule has 2 rings (SSSR count). The van der Waals surface area contributed by atoms with E-state index >= 15 is 0 Å². The van der Waals surface area contributed by atoms with Crippen LogP contribution in [0.25, 0.3) is 0 Å². The van der Waals surface area contributed by atoms with Crippen molar-refractivity contribution >= 4 is 12.3 Å². The van der Waals surface area contributed by atoms with Gasteiger partial charge in [0.2, 0.25) is 0 Å². The van der Waals surface area contributed by atoms with Crippen LogP contribution in [0.3, 0.4) is 0 Å². The summed E-state index contributed by atoms with van der Waals surface area (Å²) in [6.45, 7) is 6.40. The van der Waals surface area contributed by atoms with Crippen LogP contribution in [0.1, 0.15) is 44.2 Å². The summed E-state index contributed by atoms with van der Waals surface area (Å²) in [7, 11) is 0. The number of nitrogen functional groups attached to an aromatic ring is 1. The molecule has 1 aromatic rings. The maximum atomic E-state index is 8.36. The van der Waals surface area contributed by atoms with E-state index in [1.54, 1.807) is 0 Å². The minimum Gasteiger partial charge on any atom is -0.483 e. The standard InChI is InChI=1S/C10H15N3.CH2O2/c1-6-4-10(2,3)8-7(6)5-12-13-9(8)11;2-1-3/h5-6H,4H2,1-3H3,(H2,11,13);1H,(H,2,3). The van der Waals surface area contributed by atoms with Crippen molar-refractivity contribution in [3.63, 3.8) is 0 Å². The Hall–Kier alpha value is -1.65. The van der Waals surface area contributed by atoms with Gasteiger partial charge in [-0.1, -0.05) is 20.8 Å². The van der Waals surface area contributed by atoms with Crippen LogP contribution in [0.2, 0.25) is 0 Å². The van der Waals surface area contributed by atoms with E-state index in [0.29, 0.717) is 11.7 Å². The van der Waals surface area contributed by atoms with Crippen molar-refractivity contribution in [1.29, 1.82) is 0 Å². The van der Waals surface area contributed by atoms with Gasteiger partial charge in [-0.2, -0.15) is 5.10 Å². The Morgan fingerprint density at radius 2 is 2.19 bits per heavy atom. The molecule has 1 aliphatic rings. The van der Waals surface area contributed by atoms with Crippen LogP contribution in [0.15, 0.2) is 6.20 Å². The minimum absolute atomic E-state index is 0.161. The maximum Gasteiger partial charge on any atom is 0.290 e. The summed E-state index contributed by atoms with van der Waals surface area (Å²) in [6.07, 6.45) is 2.99. The molecule has 0 aromatic carbocycles. The molecule has 5 heteroatoms. The third-order valence-electron chi connectivity index (χ3n) is 2.93. The number of nitrogens with zero attached hydrogens (tertiary/aromatic N) is 2. The number of anilines is 1. The number of hydrogen-bond donors (Lipinski definition) is 2. The number of carboxylic acid groups (broad SMARTS) is 1. The highest BCUT2D eigenvalue weighted by molar-refractivity contribution is 5.52. The molecule has 16 heavy (non-hydrogen) atoms. The van der Waals surface area contributed by atoms with Gasteiger partial charge in [-0.3, -0.25) is 4.79 Å². The minimum atomic E-state index is -0.250. The Balaban J connectivity index is 0.000000386. The van der Waals surface area contributed by atoms with Gasteiger partial charge < -0.3 is 10.8 Å². The molecule has 5 nitrogen and oxygen atoms in total. The second-order valence-electron chi connectivity index (χ2n) is 4.65. The molecule has 1 unspecified atom stereocenters. The van der Waals surface area contributed by atoms with Gasteiger partial charge in [0.05, 0.1) is 6.20 Å². The van der Waals surface area contributed by atoms with Crippen LogP contribution >= 0.6 is 0 Å². The Kier molecular flexibility index (Phi) is 3.47. The first-order valence-electron chi connectivity index (χ1n) is 5.13. The van der Waals surface area contributed by atoms with Crippen LogP contribution < -0.4 is 5.73 Å².